The number of hydrogen-bond acceptors (Lipinski definition) is 3. The number of Topliss-reactive ketones (excluding diaryl/α,β-unsaturated/α-hetero) is 1. The Morgan fingerprint density at radius 2 is 1.71 bits per heavy atom. The van der Waals surface area contributed by atoms with Gasteiger partial charge in [0.2, 0.25) is 0 Å². The van der Waals surface area contributed by atoms with Gasteiger partial charge in [0.05, 0.1) is 12.6 Å². The molecule has 1 aliphatic rings. The molecule has 1 aliphatic heterocycles. The lowest BCUT2D eigenvalue weighted by atomic mass is 9.99. The van der Waals surface area contributed by atoms with Crippen molar-refractivity contribution in [3.8, 4) is 0 Å². The van der Waals surface area contributed by atoms with Crippen LogP contribution >= 0.6 is 0 Å². The maximum absolute atomic E-state index is 13.2. The van der Waals surface area contributed by atoms with E-state index in [0.717, 1.165) is 31.5 Å². The summed E-state index contributed by atoms with van der Waals surface area (Å²) in [7, 11) is 0. The lowest BCUT2D eigenvalue weighted by Crippen LogP contribution is -2.46. The maximum atomic E-state index is 13.2. The number of amides is 1. The van der Waals surface area contributed by atoms with Crippen LogP contribution in [0, 0.1) is 5.92 Å². The molecule has 0 saturated heterocycles. The molecule has 1 heterocycles. The highest BCUT2D eigenvalue weighted by Crippen LogP contribution is 2.26. The van der Waals surface area contributed by atoms with Gasteiger partial charge in [-0.05, 0) is 55.4 Å². The van der Waals surface area contributed by atoms with Gasteiger partial charge in [0.25, 0.3) is 5.91 Å². The van der Waals surface area contributed by atoms with E-state index in [-0.39, 0.29) is 11.7 Å². The average molecular weight is 379 g/mol. The minimum absolute atomic E-state index is 0.0784. The maximum Gasteiger partial charge on any atom is 0.251 e. The molecule has 2 aromatic carbocycles. The molecule has 0 spiro atoms. The highest BCUT2D eigenvalue weighted by molar-refractivity contribution is 5.98. The number of fused-ring (bicyclic) bond motifs is 1. The summed E-state index contributed by atoms with van der Waals surface area (Å²) >= 11 is 0. The van der Waals surface area contributed by atoms with Crippen molar-refractivity contribution in [2.24, 2.45) is 5.92 Å². The standard InChI is InChI=1S/C24H30N2O2/c1-18(2)16-21(25-24(28)20-12-4-3-5-13-20)23(27)17-26-15-9-8-11-19-10-6-7-14-22(19)26/h3-7,10,12-14,18,21H,8-9,11,15-17H2,1-2H3,(H,25,28)/t21-/m0/s1. The molecule has 0 saturated carbocycles. The predicted octanol–water partition coefficient (Wildman–Crippen LogP) is 4.24. The molecule has 1 N–H and O–H groups in total. The molecule has 3 rings (SSSR count). The number of carbonyl (C=O) groups is 2. The van der Waals surface area contributed by atoms with Crippen LogP contribution in [0.15, 0.2) is 54.6 Å². The first-order chi connectivity index (χ1) is 13.5. The molecular weight excluding hydrogens is 348 g/mol. The Morgan fingerprint density at radius 1 is 1.00 bits per heavy atom. The van der Waals surface area contributed by atoms with E-state index in [1.54, 1.807) is 12.1 Å². The topological polar surface area (TPSA) is 49.4 Å². The number of nitrogens with one attached hydrogen (secondary N) is 1. The van der Waals surface area contributed by atoms with Crippen LogP contribution < -0.4 is 10.2 Å². The zero-order valence-corrected chi connectivity index (χ0v) is 16.9. The summed E-state index contributed by atoms with van der Waals surface area (Å²) in [4.78, 5) is 28.0. The van der Waals surface area contributed by atoms with Gasteiger partial charge in [-0.15, -0.1) is 0 Å². The van der Waals surface area contributed by atoms with Gasteiger partial charge >= 0.3 is 0 Å². The van der Waals surface area contributed by atoms with Gasteiger partial charge in [-0.2, -0.15) is 0 Å². The van der Waals surface area contributed by atoms with Crippen molar-refractivity contribution in [3.05, 3.63) is 65.7 Å². The van der Waals surface area contributed by atoms with Gasteiger partial charge in [0, 0.05) is 17.8 Å². The third-order valence-corrected chi connectivity index (χ3v) is 5.24. The number of ketones is 1. The predicted molar refractivity (Wildman–Crippen MR) is 114 cm³/mol. The number of rotatable bonds is 7. The number of hydrogen-bond donors (Lipinski definition) is 1. The molecule has 0 radical (unpaired) electrons. The summed E-state index contributed by atoms with van der Waals surface area (Å²) in [6.45, 7) is 5.37. The summed E-state index contributed by atoms with van der Waals surface area (Å²) in [5.41, 5.74) is 3.05. The fraction of sp³-hybridized carbons (Fsp3) is 0.417. The fourth-order valence-electron chi connectivity index (χ4n) is 3.81. The monoisotopic (exact) mass is 378 g/mol. The molecule has 0 unspecified atom stereocenters. The van der Waals surface area contributed by atoms with Crippen LogP contribution in [-0.4, -0.2) is 30.8 Å². The summed E-state index contributed by atoms with van der Waals surface area (Å²) in [5, 5.41) is 2.98. The number of benzene rings is 2. The second-order valence-electron chi connectivity index (χ2n) is 8.00. The number of anilines is 1. The van der Waals surface area contributed by atoms with Crippen molar-refractivity contribution in [2.45, 2.75) is 45.6 Å². The Labute approximate surface area is 167 Å². The molecule has 28 heavy (non-hydrogen) atoms. The Balaban J connectivity index is 1.74. The van der Waals surface area contributed by atoms with E-state index >= 15 is 0 Å². The Kier molecular flexibility index (Phi) is 6.85. The van der Waals surface area contributed by atoms with Gasteiger partial charge in [0.15, 0.2) is 5.78 Å². The van der Waals surface area contributed by atoms with Crippen LogP contribution in [-0.2, 0) is 11.2 Å². The van der Waals surface area contributed by atoms with Gasteiger partial charge in [-0.1, -0.05) is 50.2 Å². The lowest BCUT2D eigenvalue weighted by molar-refractivity contribution is -0.120. The van der Waals surface area contributed by atoms with Crippen molar-refractivity contribution < 1.29 is 9.59 Å². The first-order valence-electron chi connectivity index (χ1n) is 10.3. The first kappa shape index (κ1) is 20.1. The largest absolute Gasteiger partial charge is 0.364 e. The van der Waals surface area contributed by atoms with E-state index in [9.17, 15) is 9.59 Å². The smallest absolute Gasteiger partial charge is 0.251 e. The molecule has 0 aliphatic carbocycles. The number of para-hydroxylation sites is 1. The third kappa shape index (κ3) is 5.22. The number of aryl methyl sites for hydroxylation is 1. The van der Waals surface area contributed by atoms with Crippen LogP contribution in [0.25, 0.3) is 0 Å². The molecule has 4 nitrogen and oxygen atoms in total. The quantitative estimate of drug-likeness (QED) is 0.784. The Hall–Kier alpha value is -2.62. The normalized spacial score (nSPS) is 14.9. The van der Waals surface area contributed by atoms with Crippen molar-refractivity contribution in [1.29, 1.82) is 0 Å². The summed E-state index contributed by atoms with van der Waals surface area (Å²) < 4.78 is 0. The molecular formula is C24H30N2O2. The van der Waals surface area contributed by atoms with Gasteiger partial charge in [-0.3, -0.25) is 9.59 Å². The van der Waals surface area contributed by atoms with Crippen molar-refractivity contribution in [2.75, 3.05) is 18.0 Å². The van der Waals surface area contributed by atoms with Crippen LogP contribution in [0.1, 0.15) is 49.0 Å². The SMILES string of the molecule is CC(C)C[C@H](NC(=O)c1ccccc1)C(=O)CN1CCCCc2ccccc21. The summed E-state index contributed by atoms with van der Waals surface area (Å²) in [5.74, 6) is 0.215. The molecule has 0 bridgehead atoms. The zero-order valence-electron chi connectivity index (χ0n) is 16.9. The molecule has 1 amide bonds. The molecule has 2 aromatic rings. The van der Waals surface area contributed by atoms with E-state index in [2.05, 4.69) is 42.3 Å². The van der Waals surface area contributed by atoms with E-state index < -0.39 is 6.04 Å². The molecule has 4 heteroatoms. The van der Waals surface area contributed by atoms with Crippen LogP contribution in [0.4, 0.5) is 5.69 Å². The summed E-state index contributed by atoms with van der Waals surface area (Å²) in [6.07, 6.45) is 3.92. The van der Waals surface area contributed by atoms with Gasteiger partial charge in [-0.25, -0.2) is 0 Å². The highest BCUT2D eigenvalue weighted by atomic mass is 16.2. The second-order valence-corrected chi connectivity index (χ2v) is 8.00. The van der Waals surface area contributed by atoms with Crippen molar-refractivity contribution >= 4 is 17.4 Å². The molecule has 0 aromatic heterocycles. The molecule has 148 valence electrons. The minimum atomic E-state index is -0.469. The van der Waals surface area contributed by atoms with E-state index in [1.807, 2.05) is 24.3 Å². The zero-order chi connectivity index (χ0) is 19.9. The Bertz CT molecular complexity index is 801. The Morgan fingerprint density at radius 3 is 2.46 bits per heavy atom. The van der Waals surface area contributed by atoms with E-state index in [0.29, 0.717) is 24.4 Å². The van der Waals surface area contributed by atoms with E-state index in [1.165, 1.54) is 5.56 Å². The molecule has 1 atom stereocenters. The van der Waals surface area contributed by atoms with Gasteiger partial charge < -0.3 is 10.2 Å². The lowest BCUT2D eigenvalue weighted by Gasteiger charge is -2.27. The van der Waals surface area contributed by atoms with Crippen LogP contribution in [0.3, 0.4) is 0 Å². The second kappa shape index (κ2) is 9.54. The van der Waals surface area contributed by atoms with Crippen LogP contribution in [0.5, 0.6) is 0 Å². The van der Waals surface area contributed by atoms with Crippen LogP contribution in [0.2, 0.25) is 0 Å². The van der Waals surface area contributed by atoms with E-state index in [4.69, 9.17) is 0 Å². The van der Waals surface area contributed by atoms with Gasteiger partial charge in [0.1, 0.15) is 0 Å². The average Bonchev–Trinajstić information content (AvgIpc) is 2.90. The molecule has 0 fully saturated rings. The third-order valence-electron chi connectivity index (χ3n) is 5.24. The summed E-state index contributed by atoms with van der Waals surface area (Å²) in [6, 6.07) is 17.0. The van der Waals surface area contributed by atoms with Crippen molar-refractivity contribution in [3.63, 3.8) is 0 Å². The fourth-order valence-corrected chi connectivity index (χ4v) is 3.81. The number of nitrogens with zero attached hydrogens (tertiary/aromatic N) is 1. The first-order valence-corrected chi connectivity index (χ1v) is 10.3. The number of carbonyl (C=O) groups excluding carboxylic acids is 2. The highest BCUT2D eigenvalue weighted by Gasteiger charge is 2.25. The minimum Gasteiger partial charge on any atom is -0.364 e. The van der Waals surface area contributed by atoms with Crippen molar-refractivity contribution in [1.82, 2.24) is 5.32 Å².